The molecule has 0 spiro atoms. The molecule has 2 aromatic rings. The van der Waals surface area contributed by atoms with Crippen LogP contribution in [0.4, 0.5) is 30.2 Å². The van der Waals surface area contributed by atoms with Gasteiger partial charge in [0.05, 0.1) is 11.4 Å². The van der Waals surface area contributed by atoms with Gasteiger partial charge < -0.3 is 5.32 Å². The van der Waals surface area contributed by atoms with Crippen LogP contribution in [0.15, 0.2) is 36.4 Å². The Kier molecular flexibility index (Phi) is 5.15. The van der Waals surface area contributed by atoms with Crippen molar-refractivity contribution in [1.82, 2.24) is 0 Å². The Morgan fingerprint density at radius 3 is 2.13 bits per heavy atom. The van der Waals surface area contributed by atoms with Crippen LogP contribution in [0.5, 0.6) is 0 Å². The second-order valence-electron chi connectivity index (χ2n) is 4.85. The van der Waals surface area contributed by atoms with Gasteiger partial charge in [-0.25, -0.2) is 21.6 Å². The number of hydrogen-bond acceptors (Lipinski definition) is 3. The van der Waals surface area contributed by atoms with E-state index in [1.165, 1.54) is 24.3 Å². The summed E-state index contributed by atoms with van der Waals surface area (Å²) in [5.41, 5.74) is 0.534. The monoisotopic (exact) mass is 344 g/mol. The van der Waals surface area contributed by atoms with E-state index in [4.69, 9.17) is 0 Å². The summed E-state index contributed by atoms with van der Waals surface area (Å²) in [6.45, 7) is 1.75. The topological polar surface area (TPSA) is 58.2 Å². The zero-order valence-electron chi connectivity index (χ0n) is 12.2. The van der Waals surface area contributed by atoms with Crippen molar-refractivity contribution < 1.29 is 21.6 Å². The lowest BCUT2D eigenvalue weighted by atomic mass is 10.2. The highest BCUT2D eigenvalue weighted by molar-refractivity contribution is 7.92. The molecule has 8 heteroatoms. The van der Waals surface area contributed by atoms with Crippen LogP contribution in [0, 0.1) is 17.5 Å². The number of benzene rings is 2. The number of rotatable bonds is 6. The molecule has 0 aliphatic carbocycles. The Balaban J connectivity index is 2.13. The summed E-state index contributed by atoms with van der Waals surface area (Å²) in [6.07, 6.45) is 0.490. The molecule has 2 N–H and O–H groups in total. The fourth-order valence-corrected chi connectivity index (χ4v) is 3.03. The van der Waals surface area contributed by atoms with Gasteiger partial charge in [-0.1, -0.05) is 6.92 Å². The summed E-state index contributed by atoms with van der Waals surface area (Å²) < 4.78 is 65.3. The van der Waals surface area contributed by atoms with Crippen LogP contribution in [0.25, 0.3) is 0 Å². The number of sulfonamides is 1. The van der Waals surface area contributed by atoms with Crippen LogP contribution in [0.1, 0.15) is 13.3 Å². The average Bonchev–Trinajstić information content (AvgIpc) is 2.49. The maximum Gasteiger partial charge on any atom is 0.232 e. The quantitative estimate of drug-likeness (QED) is 0.779. The largest absolute Gasteiger partial charge is 0.353 e. The van der Waals surface area contributed by atoms with E-state index in [1.807, 2.05) is 0 Å². The molecule has 0 atom stereocenters. The van der Waals surface area contributed by atoms with Gasteiger partial charge >= 0.3 is 0 Å². The van der Waals surface area contributed by atoms with Crippen LogP contribution in [0.2, 0.25) is 0 Å². The molecule has 0 saturated carbocycles. The van der Waals surface area contributed by atoms with E-state index in [9.17, 15) is 21.6 Å². The summed E-state index contributed by atoms with van der Waals surface area (Å²) in [4.78, 5) is 0. The minimum absolute atomic E-state index is 0.00701. The fourth-order valence-electron chi connectivity index (χ4n) is 1.90. The first-order valence-corrected chi connectivity index (χ1v) is 8.48. The summed E-state index contributed by atoms with van der Waals surface area (Å²) in [5.74, 6) is -4.14. The third kappa shape index (κ3) is 4.38. The van der Waals surface area contributed by atoms with Crippen molar-refractivity contribution in [3.8, 4) is 0 Å². The minimum Gasteiger partial charge on any atom is -0.353 e. The van der Waals surface area contributed by atoms with Gasteiger partial charge in [0, 0.05) is 11.4 Å². The summed E-state index contributed by atoms with van der Waals surface area (Å²) in [6, 6.07) is 7.83. The van der Waals surface area contributed by atoms with Crippen molar-refractivity contribution >= 4 is 27.1 Å². The Morgan fingerprint density at radius 1 is 0.913 bits per heavy atom. The maximum atomic E-state index is 13.6. The van der Waals surface area contributed by atoms with E-state index in [1.54, 1.807) is 6.92 Å². The third-order valence-corrected chi connectivity index (χ3v) is 4.44. The molecule has 0 amide bonds. The highest BCUT2D eigenvalue weighted by atomic mass is 32.2. The lowest BCUT2D eigenvalue weighted by Gasteiger charge is -2.10. The molecule has 0 heterocycles. The molecule has 124 valence electrons. The Labute approximate surface area is 132 Å². The van der Waals surface area contributed by atoms with Gasteiger partial charge in [0.25, 0.3) is 0 Å². The maximum absolute atomic E-state index is 13.6. The normalized spacial score (nSPS) is 11.3. The van der Waals surface area contributed by atoms with E-state index in [2.05, 4.69) is 10.0 Å². The lowest BCUT2D eigenvalue weighted by Crippen LogP contribution is -2.15. The van der Waals surface area contributed by atoms with Gasteiger partial charge in [-0.2, -0.15) is 0 Å². The number of hydrogen-bond donors (Lipinski definition) is 2. The van der Waals surface area contributed by atoms with Crippen molar-refractivity contribution in [3.63, 3.8) is 0 Å². The van der Waals surface area contributed by atoms with Crippen LogP contribution >= 0.6 is 0 Å². The Bertz CT molecular complexity index is 793. The van der Waals surface area contributed by atoms with Crippen molar-refractivity contribution in [1.29, 1.82) is 0 Å². The van der Waals surface area contributed by atoms with Gasteiger partial charge in [0.2, 0.25) is 10.0 Å². The smallest absolute Gasteiger partial charge is 0.232 e. The van der Waals surface area contributed by atoms with Gasteiger partial charge in [0.1, 0.15) is 0 Å². The van der Waals surface area contributed by atoms with Crippen molar-refractivity contribution in [2.45, 2.75) is 13.3 Å². The SMILES string of the molecule is CCCS(=O)(=O)Nc1ccc(Nc2ccc(F)c(F)c2F)cc1. The number of halogens is 3. The van der Waals surface area contributed by atoms with E-state index < -0.39 is 27.5 Å². The van der Waals surface area contributed by atoms with E-state index in [-0.39, 0.29) is 11.4 Å². The van der Waals surface area contributed by atoms with Crippen LogP contribution in [-0.4, -0.2) is 14.2 Å². The summed E-state index contributed by atoms with van der Waals surface area (Å²) >= 11 is 0. The van der Waals surface area contributed by atoms with Gasteiger partial charge in [-0.3, -0.25) is 4.72 Å². The molecule has 0 saturated heterocycles. The van der Waals surface area contributed by atoms with Gasteiger partial charge in [-0.05, 0) is 42.8 Å². The predicted octanol–water partition coefficient (Wildman–Crippen LogP) is 4.00. The fraction of sp³-hybridized carbons (Fsp3) is 0.200. The highest BCUT2D eigenvalue weighted by Gasteiger charge is 2.13. The first-order chi connectivity index (χ1) is 10.8. The van der Waals surface area contributed by atoms with Crippen molar-refractivity contribution in [2.24, 2.45) is 0 Å². The summed E-state index contributed by atoms with van der Waals surface area (Å²) in [5, 5.41) is 2.60. The second-order valence-corrected chi connectivity index (χ2v) is 6.69. The average molecular weight is 344 g/mol. The zero-order chi connectivity index (χ0) is 17.0. The lowest BCUT2D eigenvalue weighted by molar-refractivity contribution is 0.449. The Hall–Kier alpha value is -2.22. The van der Waals surface area contributed by atoms with Gasteiger partial charge in [0.15, 0.2) is 17.5 Å². The van der Waals surface area contributed by atoms with Crippen LogP contribution in [-0.2, 0) is 10.0 Å². The highest BCUT2D eigenvalue weighted by Crippen LogP contribution is 2.24. The molecular formula is C15H15F3N2O2S. The molecule has 0 fully saturated rings. The first-order valence-electron chi connectivity index (χ1n) is 6.83. The molecule has 0 aromatic heterocycles. The molecule has 0 aliphatic heterocycles. The van der Waals surface area contributed by atoms with Crippen LogP contribution in [0.3, 0.4) is 0 Å². The minimum atomic E-state index is -3.40. The molecule has 2 rings (SSSR count). The molecular weight excluding hydrogens is 329 g/mol. The number of nitrogens with one attached hydrogen (secondary N) is 2. The van der Waals surface area contributed by atoms with E-state index in [0.717, 1.165) is 12.1 Å². The first kappa shape index (κ1) is 17.1. The molecule has 2 aromatic carbocycles. The molecule has 0 radical (unpaired) electrons. The molecule has 0 unspecified atom stereocenters. The second kappa shape index (κ2) is 6.91. The summed E-state index contributed by atoms with van der Waals surface area (Å²) in [7, 11) is -3.40. The predicted molar refractivity (Wildman–Crippen MR) is 83.7 cm³/mol. The zero-order valence-corrected chi connectivity index (χ0v) is 13.1. The molecule has 0 aliphatic rings. The third-order valence-electron chi connectivity index (χ3n) is 2.95. The van der Waals surface area contributed by atoms with Crippen molar-refractivity contribution in [2.75, 3.05) is 15.8 Å². The molecule has 4 nitrogen and oxygen atoms in total. The van der Waals surface area contributed by atoms with Gasteiger partial charge in [-0.15, -0.1) is 0 Å². The van der Waals surface area contributed by atoms with E-state index in [0.29, 0.717) is 17.8 Å². The van der Waals surface area contributed by atoms with E-state index >= 15 is 0 Å². The standard InChI is InChI=1S/C15H15F3N2O2S/c1-2-9-23(21,22)20-11-5-3-10(4-6-11)19-13-8-7-12(16)14(17)15(13)18/h3-8,19-20H,2,9H2,1H3. The van der Waals surface area contributed by atoms with Crippen molar-refractivity contribution in [3.05, 3.63) is 53.8 Å². The molecule has 23 heavy (non-hydrogen) atoms. The molecule has 0 bridgehead atoms. The Morgan fingerprint density at radius 2 is 1.52 bits per heavy atom. The van der Waals surface area contributed by atoms with Crippen LogP contribution < -0.4 is 10.0 Å². The number of anilines is 3.